The van der Waals surface area contributed by atoms with Gasteiger partial charge in [-0.2, -0.15) is 0 Å². The molecule has 1 rings (SSSR count). The van der Waals surface area contributed by atoms with Gasteiger partial charge in [0.25, 0.3) is 5.91 Å². The lowest BCUT2D eigenvalue weighted by atomic mass is 10.1. The van der Waals surface area contributed by atoms with Crippen molar-refractivity contribution in [2.24, 2.45) is 0 Å². The van der Waals surface area contributed by atoms with E-state index in [0.717, 1.165) is 12.0 Å². The van der Waals surface area contributed by atoms with E-state index in [-0.39, 0.29) is 5.56 Å². The molecule has 2 N–H and O–H groups in total. The van der Waals surface area contributed by atoms with Crippen LogP contribution in [0.1, 0.15) is 22.8 Å². The molecule has 0 aromatic heterocycles. The Hall–Kier alpha value is -1.42. The van der Waals surface area contributed by atoms with Gasteiger partial charge >= 0.3 is 0 Å². The molecule has 76 valence electrons. The third-order valence-corrected chi connectivity index (χ3v) is 1.92. The molecular formula is C10H13FN2O. The zero-order chi connectivity index (χ0) is 10.6. The number of carbonyl (C=O) groups excluding carboxylic acids is 1. The molecule has 0 aliphatic heterocycles. The minimum absolute atomic E-state index is 0.0682. The van der Waals surface area contributed by atoms with Gasteiger partial charge in [0.05, 0.1) is 5.56 Å². The van der Waals surface area contributed by atoms with Gasteiger partial charge in [0.15, 0.2) is 0 Å². The van der Waals surface area contributed by atoms with Gasteiger partial charge in [-0.05, 0) is 24.1 Å². The fourth-order valence-corrected chi connectivity index (χ4v) is 1.15. The third kappa shape index (κ3) is 2.29. The van der Waals surface area contributed by atoms with Crippen LogP contribution in [0.15, 0.2) is 18.2 Å². The van der Waals surface area contributed by atoms with Crippen molar-refractivity contribution in [1.82, 2.24) is 10.9 Å². The van der Waals surface area contributed by atoms with E-state index in [1.807, 2.05) is 6.92 Å². The highest BCUT2D eigenvalue weighted by molar-refractivity contribution is 5.94. The van der Waals surface area contributed by atoms with Crippen LogP contribution in [0, 0.1) is 5.82 Å². The molecule has 0 fully saturated rings. The van der Waals surface area contributed by atoms with E-state index in [0.29, 0.717) is 0 Å². The number of carbonyl (C=O) groups is 1. The zero-order valence-corrected chi connectivity index (χ0v) is 8.23. The van der Waals surface area contributed by atoms with E-state index in [9.17, 15) is 9.18 Å². The molecule has 0 atom stereocenters. The average Bonchev–Trinajstić information content (AvgIpc) is 2.19. The van der Waals surface area contributed by atoms with E-state index < -0.39 is 11.7 Å². The van der Waals surface area contributed by atoms with Gasteiger partial charge < -0.3 is 0 Å². The van der Waals surface area contributed by atoms with Crippen molar-refractivity contribution in [2.75, 3.05) is 7.05 Å². The summed E-state index contributed by atoms with van der Waals surface area (Å²) in [5, 5.41) is 0. The normalized spacial score (nSPS) is 9.93. The molecule has 0 aliphatic carbocycles. The first kappa shape index (κ1) is 10.7. The molecule has 4 heteroatoms. The van der Waals surface area contributed by atoms with E-state index in [1.54, 1.807) is 19.2 Å². The molecular weight excluding hydrogens is 183 g/mol. The Morgan fingerprint density at radius 2 is 2.21 bits per heavy atom. The Balaban J connectivity index is 2.99. The summed E-state index contributed by atoms with van der Waals surface area (Å²) in [5.41, 5.74) is 5.80. The topological polar surface area (TPSA) is 41.1 Å². The Kier molecular flexibility index (Phi) is 3.59. The van der Waals surface area contributed by atoms with Crippen molar-refractivity contribution in [3.63, 3.8) is 0 Å². The zero-order valence-electron chi connectivity index (χ0n) is 8.23. The lowest BCUT2D eigenvalue weighted by molar-refractivity contribution is 0.0934. The van der Waals surface area contributed by atoms with Gasteiger partial charge in [-0.1, -0.05) is 13.0 Å². The van der Waals surface area contributed by atoms with Crippen LogP contribution in [0.5, 0.6) is 0 Å². The molecule has 0 heterocycles. The maximum absolute atomic E-state index is 13.2. The number of rotatable bonds is 3. The Labute approximate surface area is 82.3 Å². The summed E-state index contributed by atoms with van der Waals surface area (Å²) in [6.45, 7) is 1.95. The summed E-state index contributed by atoms with van der Waals surface area (Å²) in [7, 11) is 1.56. The van der Waals surface area contributed by atoms with Crippen LogP contribution in [0.4, 0.5) is 4.39 Å². The highest BCUT2D eigenvalue weighted by Gasteiger charge is 2.10. The maximum Gasteiger partial charge on any atom is 0.268 e. The first-order valence-corrected chi connectivity index (χ1v) is 4.44. The van der Waals surface area contributed by atoms with Crippen LogP contribution in [0.3, 0.4) is 0 Å². The number of nitrogens with one attached hydrogen (secondary N) is 2. The minimum Gasteiger partial charge on any atom is -0.288 e. The standard InChI is InChI=1S/C10H13FN2O/c1-3-7-4-5-9(11)8(6-7)10(14)13-12-2/h4-6,12H,3H2,1-2H3,(H,13,14). The summed E-state index contributed by atoms with van der Waals surface area (Å²) in [6.07, 6.45) is 0.778. The number of aryl methyl sites for hydroxylation is 1. The second-order valence-electron chi connectivity index (χ2n) is 2.87. The summed E-state index contributed by atoms with van der Waals surface area (Å²) >= 11 is 0. The van der Waals surface area contributed by atoms with Gasteiger partial charge in [-0.15, -0.1) is 0 Å². The molecule has 0 bridgehead atoms. The van der Waals surface area contributed by atoms with Crippen molar-refractivity contribution < 1.29 is 9.18 Å². The molecule has 0 saturated heterocycles. The lowest BCUT2D eigenvalue weighted by Gasteiger charge is -2.05. The molecule has 0 radical (unpaired) electrons. The maximum atomic E-state index is 13.2. The van der Waals surface area contributed by atoms with Crippen LogP contribution in [0.25, 0.3) is 0 Å². The second-order valence-corrected chi connectivity index (χ2v) is 2.87. The molecule has 0 aliphatic rings. The fraction of sp³-hybridized carbons (Fsp3) is 0.300. The van der Waals surface area contributed by atoms with Crippen LogP contribution >= 0.6 is 0 Å². The number of halogens is 1. The molecule has 1 aromatic rings. The fourth-order valence-electron chi connectivity index (χ4n) is 1.15. The number of hydrogen-bond donors (Lipinski definition) is 2. The largest absolute Gasteiger partial charge is 0.288 e. The Morgan fingerprint density at radius 3 is 2.79 bits per heavy atom. The first-order valence-electron chi connectivity index (χ1n) is 4.44. The molecule has 14 heavy (non-hydrogen) atoms. The van der Waals surface area contributed by atoms with E-state index >= 15 is 0 Å². The van der Waals surface area contributed by atoms with Gasteiger partial charge in [-0.25, -0.2) is 9.82 Å². The van der Waals surface area contributed by atoms with Gasteiger partial charge in [0.2, 0.25) is 0 Å². The van der Waals surface area contributed by atoms with Crippen LogP contribution in [-0.2, 0) is 6.42 Å². The second kappa shape index (κ2) is 4.72. The summed E-state index contributed by atoms with van der Waals surface area (Å²) in [6, 6.07) is 4.54. The van der Waals surface area contributed by atoms with Crippen molar-refractivity contribution in [3.05, 3.63) is 35.1 Å². The van der Waals surface area contributed by atoms with Crippen molar-refractivity contribution >= 4 is 5.91 Å². The lowest BCUT2D eigenvalue weighted by Crippen LogP contribution is -2.34. The highest BCUT2D eigenvalue weighted by atomic mass is 19.1. The smallest absolute Gasteiger partial charge is 0.268 e. The average molecular weight is 196 g/mol. The highest BCUT2D eigenvalue weighted by Crippen LogP contribution is 2.10. The van der Waals surface area contributed by atoms with E-state index in [1.165, 1.54) is 6.07 Å². The molecule has 1 amide bonds. The van der Waals surface area contributed by atoms with Crippen molar-refractivity contribution in [3.8, 4) is 0 Å². The molecule has 0 spiro atoms. The quantitative estimate of drug-likeness (QED) is 0.714. The Bertz CT molecular complexity index is 339. The van der Waals surface area contributed by atoms with E-state index in [4.69, 9.17) is 0 Å². The summed E-state index contributed by atoms with van der Waals surface area (Å²) in [4.78, 5) is 11.3. The molecule has 1 aromatic carbocycles. The van der Waals surface area contributed by atoms with Crippen LogP contribution in [0.2, 0.25) is 0 Å². The molecule has 0 unspecified atom stereocenters. The molecule has 0 saturated carbocycles. The van der Waals surface area contributed by atoms with Gasteiger partial charge in [0.1, 0.15) is 5.82 Å². The first-order chi connectivity index (χ1) is 6.69. The number of hydrogen-bond acceptors (Lipinski definition) is 2. The number of amides is 1. The minimum atomic E-state index is -0.505. The third-order valence-electron chi connectivity index (χ3n) is 1.92. The van der Waals surface area contributed by atoms with Crippen molar-refractivity contribution in [1.29, 1.82) is 0 Å². The van der Waals surface area contributed by atoms with E-state index in [2.05, 4.69) is 10.9 Å². The van der Waals surface area contributed by atoms with Gasteiger partial charge in [0, 0.05) is 7.05 Å². The van der Waals surface area contributed by atoms with Gasteiger partial charge in [-0.3, -0.25) is 10.2 Å². The monoisotopic (exact) mass is 196 g/mol. The summed E-state index contributed by atoms with van der Waals surface area (Å²) < 4.78 is 13.2. The Morgan fingerprint density at radius 1 is 1.50 bits per heavy atom. The predicted molar refractivity (Wildman–Crippen MR) is 52.3 cm³/mol. The molecule has 3 nitrogen and oxygen atoms in total. The van der Waals surface area contributed by atoms with Crippen LogP contribution in [-0.4, -0.2) is 13.0 Å². The number of benzene rings is 1. The predicted octanol–water partition coefficient (Wildman–Crippen LogP) is 1.25. The SMILES string of the molecule is CCc1ccc(F)c(C(=O)NNC)c1. The van der Waals surface area contributed by atoms with Crippen molar-refractivity contribution in [2.45, 2.75) is 13.3 Å². The number of hydrazine groups is 1. The summed E-state index contributed by atoms with van der Waals surface area (Å²) in [5.74, 6) is -0.963. The van der Waals surface area contributed by atoms with Crippen LogP contribution < -0.4 is 10.9 Å².